The van der Waals surface area contributed by atoms with E-state index in [0.29, 0.717) is 15.8 Å². The zero-order chi connectivity index (χ0) is 20.7. The van der Waals surface area contributed by atoms with Crippen LogP contribution < -0.4 is 10.1 Å². The van der Waals surface area contributed by atoms with Gasteiger partial charge in [0.1, 0.15) is 24.0 Å². The molecular formula is C20H14BrF3N2O2. The number of nitrogens with one attached hydrogen (secondary N) is 1. The van der Waals surface area contributed by atoms with Gasteiger partial charge in [0, 0.05) is 10.0 Å². The number of carbonyl (C=O) groups excluding carboxylic acids is 1. The number of nitriles is 1. The van der Waals surface area contributed by atoms with E-state index in [1.165, 1.54) is 24.3 Å². The zero-order valence-corrected chi connectivity index (χ0v) is 16.0. The van der Waals surface area contributed by atoms with Gasteiger partial charge in [-0.2, -0.15) is 18.4 Å². The van der Waals surface area contributed by atoms with Crippen molar-refractivity contribution < 1.29 is 22.7 Å². The van der Waals surface area contributed by atoms with E-state index in [0.717, 1.165) is 12.1 Å². The van der Waals surface area contributed by atoms with Crippen LogP contribution in [-0.2, 0) is 11.0 Å². The lowest BCUT2D eigenvalue weighted by atomic mass is 10.1. The number of hydrogen-bond donors (Lipinski definition) is 1. The average molecular weight is 451 g/mol. The minimum Gasteiger partial charge on any atom is -0.489 e. The van der Waals surface area contributed by atoms with Crippen molar-refractivity contribution in [2.24, 2.45) is 0 Å². The molecule has 28 heavy (non-hydrogen) atoms. The molecule has 0 unspecified atom stereocenters. The summed E-state index contributed by atoms with van der Waals surface area (Å²) in [5.74, 6) is -0.576. The van der Waals surface area contributed by atoms with Crippen LogP contribution in [0.2, 0.25) is 0 Å². The topological polar surface area (TPSA) is 62.1 Å². The number of para-hydroxylation sites is 1. The molecule has 0 aliphatic rings. The maximum atomic E-state index is 13.1. The Morgan fingerprint density at radius 1 is 1.29 bits per heavy atom. The predicted molar refractivity (Wildman–Crippen MR) is 103 cm³/mol. The maximum Gasteiger partial charge on any atom is 0.418 e. The lowest BCUT2D eigenvalue weighted by molar-refractivity contribution is -0.137. The van der Waals surface area contributed by atoms with Crippen LogP contribution in [0.5, 0.6) is 5.75 Å². The highest BCUT2D eigenvalue weighted by atomic mass is 79.9. The van der Waals surface area contributed by atoms with Crippen molar-refractivity contribution in [3.05, 3.63) is 76.3 Å². The minimum atomic E-state index is -4.64. The third-order valence-corrected chi connectivity index (χ3v) is 3.97. The normalized spacial score (nSPS) is 11.5. The van der Waals surface area contributed by atoms with E-state index in [1.807, 2.05) is 0 Å². The summed E-state index contributed by atoms with van der Waals surface area (Å²) in [4.78, 5) is 12.4. The molecule has 0 heterocycles. The van der Waals surface area contributed by atoms with Crippen molar-refractivity contribution in [1.29, 1.82) is 5.26 Å². The molecule has 144 valence electrons. The fourth-order valence-electron chi connectivity index (χ4n) is 2.25. The number of ether oxygens (including phenoxy) is 1. The van der Waals surface area contributed by atoms with Crippen molar-refractivity contribution >= 4 is 33.6 Å². The van der Waals surface area contributed by atoms with Crippen LogP contribution in [0, 0.1) is 11.3 Å². The number of alkyl halides is 3. The number of benzene rings is 2. The molecule has 0 aromatic heterocycles. The monoisotopic (exact) mass is 450 g/mol. The zero-order valence-electron chi connectivity index (χ0n) is 14.4. The Balaban J connectivity index is 2.37. The summed E-state index contributed by atoms with van der Waals surface area (Å²) in [7, 11) is 0. The van der Waals surface area contributed by atoms with Crippen molar-refractivity contribution in [2.75, 3.05) is 11.9 Å². The van der Waals surface area contributed by atoms with Gasteiger partial charge in [-0.3, -0.25) is 4.79 Å². The molecule has 1 amide bonds. The van der Waals surface area contributed by atoms with Crippen LogP contribution in [0.1, 0.15) is 11.1 Å². The summed E-state index contributed by atoms with van der Waals surface area (Å²) in [6.07, 6.45) is -1.87. The molecule has 0 bridgehead atoms. The van der Waals surface area contributed by atoms with Crippen molar-refractivity contribution in [1.82, 2.24) is 0 Å². The Hall–Kier alpha value is -3.05. The third kappa shape index (κ3) is 5.47. The Kier molecular flexibility index (Phi) is 7.01. The SMILES string of the molecule is C=CCOc1ccc(Br)cc1C=C(C#N)C(=O)Nc1ccccc1C(F)(F)F. The molecule has 0 aliphatic heterocycles. The second-order valence-corrected chi connectivity index (χ2v) is 6.36. The van der Waals surface area contributed by atoms with E-state index in [9.17, 15) is 23.2 Å². The highest BCUT2D eigenvalue weighted by Crippen LogP contribution is 2.34. The number of halogens is 4. The van der Waals surface area contributed by atoms with Gasteiger partial charge < -0.3 is 10.1 Å². The van der Waals surface area contributed by atoms with Crippen LogP contribution in [0.3, 0.4) is 0 Å². The third-order valence-electron chi connectivity index (χ3n) is 3.47. The second-order valence-electron chi connectivity index (χ2n) is 5.45. The first-order chi connectivity index (χ1) is 13.3. The second kappa shape index (κ2) is 9.24. The number of rotatable bonds is 6. The van der Waals surface area contributed by atoms with Crippen LogP contribution in [-0.4, -0.2) is 12.5 Å². The smallest absolute Gasteiger partial charge is 0.418 e. The Labute approximate surface area is 168 Å². The van der Waals surface area contributed by atoms with Gasteiger partial charge in [-0.15, -0.1) is 0 Å². The van der Waals surface area contributed by atoms with Crippen LogP contribution in [0.4, 0.5) is 18.9 Å². The lowest BCUT2D eigenvalue weighted by Gasteiger charge is -2.13. The highest BCUT2D eigenvalue weighted by Gasteiger charge is 2.33. The van der Waals surface area contributed by atoms with Crippen LogP contribution in [0.15, 0.2) is 65.2 Å². The van der Waals surface area contributed by atoms with E-state index in [2.05, 4.69) is 27.8 Å². The van der Waals surface area contributed by atoms with Gasteiger partial charge in [0.15, 0.2) is 0 Å². The molecule has 0 saturated carbocycles. The molecule has 0 aliphatic carbocycles. The molecule has 0 spiro atoms. The molecule has 0 radical (unpaired) electrons. The fourth-order valence-corrected chi connectivity index (χ4v) is 2.62. The minimum absolute atomic E-state index is 0.204. The van der Waals surface area contributed by atoms with Gasteiger partial charge in [0.2, 0.25) is 0 Å². The number of amides is 1. The molecule has 2 aromatic carbocycles. The molecule has 0 saturated heterocycles. The van der Waals surface area contributed by atoms with Crippen LogP contribution >= 0.6 is 15.9 Å². The first-order valence-corrected chi connectivity index (χ1v) is 8.68. The number of carbonyl (C=O) groups is 1. The van der Waals surface area contributed by atoms with Crippen LogP contribution in [0.25, 0.3) is 6.08 Å². The first kappa shape index (κ1) is 21.3. The van der Waals surface area contributed by atoms with Crippen molar-refractivity contribution in [2.45, 2.75) is 6.18 Å². The van der Waals surface area contributed by atoms with Gasteiger partial charge in [0.25, 0.3) is 5.91 Å². The van der Waals surface area contributed by atoms with Gasteiger partial charge in [-0.25, -0.2) is 0 Å². The summed E-state index contributed by atoms with van der Waals surface area (Å²) < 4.78 is 45.4. The van der Waals surface area contributed by atoms with Gasteiger partial charge in [-0.1, -0.05) is 40.7 Å². The van der Waals surface area contributed by atoms with Gasteiger partial charge in [0.05, 0.1) is 11.3 Å². The number of anilines is 1. The summed E-state index contributed by atoms with van der Waals surface area (Å²) >= 11 is 3.29. The van der Waals surface area contributed by atoms with Gasteiger partial charge in [-0.05, 0) is 36.4 Å². The number of nitrogens with zero attached hydrogens (tertiary/aromatic N) is 1. The van der Waals surface area contributed by atoms with E-state index in [1.54, 1.807) is 24.3 Å². The van der Waals surface area contributed by atoms with E-state index < -0.39 is 23.3 Å². The Bertz CT molecular complexity index is 963. The maximum absolute atomic E-state index is 13.1. The van der Waals surface area contributed by atoms with Crippen molar-refractivity contribution in [3.8, 4) is 11.8 Å². The molecular weight excluding hydrogens is 437 g/mol. The molecule has 4 nitrogen and oxygen atoms in total. The Morgan fingerprint density at radius 2 is 2.00 bits per heavy atom. The van der Waals surface area contributed by atoms with E-state index in [-0.39, 0.29) is 12.2 Å². The largest absolute Gasteiger partial charge is 0.489 e. The molecule has 2 rings (SSSR count). The molecule has 0 atom stereocenters. The molecule has 1 N–H and O–H groups in total. The summed E-state index contributed by atoms with van der Waals surface area (Å²) in [6.45, 7) is 3.75. The predicted octanol–water partition coefficient (Wildman–Crippen LogP) is 5.58. The average Bonchev–Trinajstić information content (AvgIpc) is 2.64. The molecule has 0 fully saturated rings. The number of hydrogen-bond acceptors (Lipinski definition) is 3. The fraction of sp³-hybridized carbons (Fsp3) is 0.100. The summed E-state index contributed by atoms with van der Waals surface area (Å²) in [5.41, 5.74) is -1.40. The molecule has 2 aromatic rings. The van der Waals surface area contributed by atoms with E-state index >= 15 is 0 Å². The summed E-state index contributed by atoms with van der Waals surface area (Å²) in [5, 5.41) is 11.5. The van der Waals surface area contributed by atoms with Crippen molar-refractivity contribution in [3.63, 3.8) is 0 Å². The van der Waals surface area contributed by atoms with E-state index in [4.69, 9.17) is 4.74 Å². The quantitative estimate of drug-likeness (QED) is 0.355. The highest BCUT2D eigenvalue weighted by molar-refractivity contribution is 9.10. The van der Waals surface area contributed by atoms with Gasteiger partial charge >= 0.3 is 6.18 Å². The standard InChI is InChI=1S/C20H14BrF3N2O2/c1-2-9-28-18-8-7-15(21)11-13(18)10-14(12-25)19(27)26-17-6-4-3-5-16(17)20(22,23)24/h2-8,10-11H,1,9H2,(H,26,27). The Morgan fingerprint density at radius 3 is 2.64 bits per heavy atom. The lowest BCUT2D eigenvalue weighted by Crippen LogP contribution is -2.17. The summed E-state index contributed by atoms with van der Waals surface area (Å²) in [6, 6.07) is 11.2. The first-order valence-electron chi connectivity index (χ1n) is 7.89. The molecule has 8 heteroatoms.